The average Bonchev–Trinajstić information content (AvgIpc) is 2.49. The van der Waals surface area contributed by atoms with E-state index in [1.807, 2.05) is 0 Å². The molecule has 104 valence electrons. The summed E-state index contributed by atoms with van der Waals surface area (Å²) in [4.78, 5) is 0. The first-order chi connectivity index (χ1) is 9.42. The molecule has 20 heavy (non-hydrogen) atoms. The Kier molecular flexibility index (Phi) is 9.27. The first-order valence-corrected chi connectivity index (χ1v) is 11.5. The van der Waals surface area contributed by atoms with Gasteiger partial charge in [-0.05, 0) is 0 Å². The van der Waals surface area contributed by atoms with Gasteiger partial charge in [-0.15, -0.1) is 21.1 Å². The highest BCUT2D eigenvalue weighted by Gasteiger charge is 2.15. The van der Waals surface area contributed by atoms with Crippen LogP contribution in [0, 0.1) is 0 Å². The average molecular weight is 315 g/mol. The van der Waals surface area contributed by atoms with Crippen LogP contribution in [0.1, 0.15) is 19.8 Å². The van der Waals surface area contributed by atoms with E-state index in [0.29, 0.717) is 0 Å². The van der Waals surface area contributed by atoms with Gasteiger partial charge in [0.15, 0.2) is 0 Å². The molecule has 0 nitrogen and oxygen atoms in total. The predicted molar refractivity (Wildman–Crippen MR) is 96.8 cm³/mol. The summed E-state index contributed by atoms with van der Waals surface area (Å²) >= 11 is 0.127. The minimum absolute atomic E-state index is 0. The van der Waals surface area contributed by atoms with E-state index in [0.717, 1.165) is 0 Å². The highest BCUT2D eigenvalue weighted by Crippen LogP contribution is 2.01. The SMILES string of the molecule is CCC[CH2][Mg][CH2][SiH](c1ccccc1)c1ccccc1.Cl. The van der Waals surface area contributed by atoms with Crippen molar-refractivity contribution in [2.45, 2.75) is 28.5 Å². The van der Waals surface area contributed by atoms with Gasteiger partial charge in [-0.3, -0.25) is 0 Å². The van der Waals surface area contributed by atoms with E-state index < -0.39 is 8.80 Å². The summed E-state index contributed by atoms with van der Waals surface area (Å²) in [5.41, 5.74) is 0. The first kappa shape index (κ1) is 17.8. The van der Waals surface area contributed by atoms with Gasteiger partial charge in [-0.2, -0.15) is 0 Å². The van der Waals surface area contributed by atoms with E-state index in [2.05, 4.69) is 67.6 Å². The Morgan fingerprint density at radius 1 is 0.850 bits per heavy atom. The van der Waals surface area contributed by atoms with E-state index in [4.69, 9.17) is 0 Å². The van der Waals surface area contributed by atoms with Crippen LogP contribution in [0.3, 0.4) is 0 Å². The molecule has 0 aliphatic carbocycles. The third kappa shape index (κ3) is 5.60. The molecule has 0 spiro atoms. The highest BCUT2D eigenvalue weighted by molar-refractivity contribution is 6.90. The topological polar surface area (TPSA) is 0 Å². The lowest BCUT2D eigenvalue weighted by molar-refractivity contribution is 0.879. The zero-order chi connectivity index (χ0) is 13.3. The summed E-state index contributed by atoms with van der Waals surface area (Å²) in [7, 11) is -0.931. The molecule has 2 aromatic rings. The van der Waals surface area contributed by atoms with E-state index in [9.17, 15) is 0 Å². The number of benzene rings is 2. The minimum Gasteiger partial charge on any atom is -0.147 e. The molecule has 0 aliphatic rings. The lowest BCUT2D eigenvalue weighted by atomic mass is 10.4. The monoisotopic (exact) mass is 314 g/mol. The third-order valence-electron chi connectivity index (χ3n) is 3.75. The second-order valence-electron chi connectivity index (χ2n) is 5.22. The van der Waals surface area contributed by atoms with Crippen LogP contribution >= 0.6 is 12.4 Å². The normalized spacial score (nSPS) is 9.90. The molecular weight excluding hydrogens is 292 g/mol. The molecule has 0 fully saturated rings. The highest BCUT2D eigenvalue weighted by atomic mass is 35.5. The van der Waals surface area contributed by atoms with Crippen molar-refractivity contribution in [2.24, 2.45) is 0 Å². The Labute approximate surface area is 140 Å². The van der Waals surface area contributed by atoms with Gasteiger partial charge < -0.3 is 0 Å². The van der Waals surface area contributed by atoms with Crippen LogP contribution in [0.4, 0.5) is 0 Å². The second-order valence-corrected chi connectivity index (χ2v) is 11.4. The van der Waals surface area contributed by atoms with Gasteiger partial charge in [-0.1, -0.05) is 90.8 Å². The molecule has 2 rings (SSSR count). The van der Waals surface area contributed by atoms with Crippen molar-refractivity contribution in [3.63, 3.8) is 0 Å². The molecular formula is C17H23ClMgSi. The van der Waals surface area contributed by atoms with Crippen LogP contribution in [-0.4, -0.2) is 29.2 Å². The molecule has 0 saturated heterocycles. The quantitative estimate of drug-likeness (QED) is 0.543. The summed E-state index contributed by atoms with van der Waals surface area (Å²) in [6.07, 6.45) is 2.80. The van der Waals surface area contributed by atoms with Crippen LogP contribution in [-0.2, 0) is 0 Å². The number of unbranched alkanes of at least 4 members (excludes halogenated alkanes) is 1. The molecule has 2 aromatic carbocycles. The fourth-order valence-corrected chi connectivity index (χ4v) is 10.7. The van der Waals surface area contributed by atoms with E-state index in [1.54, 1.807) is 10.4 Å². The Morgan fingerprint density at radius 3 is 1.80 bits per heavy atom. The summed E-state index contributed by atoms with van der Waals surface area (Å²) in [6, 6.07) is 22.4. The molecule has 0 heterocycles. The zero-order valence-corrected chi connectivity index (χ0v) is 15.7. The lowest BCUT2D eigenvalue weighted by Crippen LogP contribution is -2.42. The number of hydrogen-bond donors (Lipinski definition) is 0. The smallest absolute Gasteiger partial charge is 0.147 e. The van der Waals surface area contributed by atoms with Crippen molar-refractivity contribution in [3.8, 4) is 0 Å². The van der Waals surface area contributed by atoms with Crippen LogP contribution in [0.25, 0.3) is 0 Å². The minimum atomic E-state index is -0.931. The third-order valence-corrected chi connectivity index (χ3v) is 11.1. The maximum Gasteiger partial charge on any atom is 0.361 e. The number of halogens is 1. The van der Waals surface area contributed by atoms with Gasteiger partial charge in [0.1, 0.15) is 0 Å². The second kappa shape index (κ2) is 10.4. The summed E-state index contributed by atoms with van der Waals surface area (Å²) in [6.45, 7) is 2.30. The van der Waals surface area contributed by atoms with Crippen LogP contribution < -0.4 is 10.4 Å². The van der Waals surface area contributed by atoms with Crippen molar-refractivity contribution < 1.29 is 0 Å². The number of rotatable bonds is 7. The number of hydrogen-bond acceptors (Lipinski definition) is 0. The van der Waals surface area contributed by atoms with Crippen molar-refractivity contribution in [1.82, 2.24) is 0 Å². The zero-order valence-electron chi connectivity index (χ0n) is 12.3. The van der Waals surface area contributed by atoms with Crippen LogP contribution in [0.15, 0.2) is 60.7 Å². The molecule has 0 aromatic heterocycles. The van der Waals surface area contributed by atoms with Gasteiger partial charge in [-0.25, -0.2) is 0 Å². The van der Waals surface area contributed by atoms with E-state index in [1.165, 1.54) is 21.6 Å². The Bertz CT molecular complexity index is 421. The largest absolute Gasteiger partial charge is 0.361 e. The van der Waals surface area contributed by atoms with Gasteiger partial charge in [0.05, 0.1) is 8.80 Å². The van der Waals surface area contributed by atoms with Crippen molar-refractivity contribution >= 4 is 51.9 Å². The van der Waals surface area contributed by atoms with E-state index in [-0.39, 0.29) is 32.8 Å². The predicted octanol–water partition coefficient (Wildman–Crippen LogP) is 3.33. The molecule has 0 saturated carbocycles. The Balaban J connectivity index is 0.00000200. The standard InChI is InChI=1S/C13H13Si.C4H9.ClH.Mg/c1-14(12-8-4-2-5-9-12)13-10-6-3-7-11-13;1-3-4-2;;/h2-11,14H,1H2;1,3-4H2,2H3;1H;. The molecule has 0 bridgehead atoms. The molecule has 0 aliphatic heterocycles. The van der Waals surface area contributed by atoms with Crippen LogP contribution in [0.2, 0.25) is 8.72 Å². The van der Waals surface area contributed by atoms with Crippen LogP contribution in [0.5, 0.6) is 0 Å². The molecule has 0 N–H and O–H groups in total. The Morgan fingerprint density at radius 2 is 1.35 bits per heavy atom. The maximum absolute atomic E-state index is 2.35. The van der Waals surface area contributed by atoms with Gasteiger partial charge in [0, 0.05) is 0 Å². The van der Waals surface area contributed by atoms with Crippen molar-refractivity contribution in [3.05, 3.63) is 60.7 Å². The fraction of sp³-hybridized carbons (Fsp3) is 0.294. The van der Waals surface area contributed by atoms with Gasteiger partial charge in [0.2, 0.25) is 0 Å². The lowest BCUT2D eigenvalue weighted by Gasteiger charge is -2.16. The first-order valence-electron chi connectivity index (χ1n) is 7.51. The fourth-order valence-electron chi connectivity index (χ4n) is 2.67. The van der Waals surface area contributed by atoms with Gasteiger partial charge >= 0.3 is 20.4 Å². The summed E-state index contributed by atoms with van der Waals surface area (Å²) in [5.74, 6) is 0. The molecule has 3 heteroatoms. The van der Waals surface area contributed by atoms with Crippen molar-refractivity contribution in [1.29, 1.82) is 0 Å². The summed E-state index contributed by atoms with van der Waals surface area (Å²) in [5, 5.41) is 3.25. The molecule has 0 radical (unpaired) electrons. The maximum atomic E-state index is 2.35. The molecule has 0 amide bonds. The van der Waals surface area contributed by atoms with Crippen molar-refractivity contribution in [2.75, 3.05) is 0 Å². The summed E-state index contributed by atoms with van der Waals surface area (Å²) < 4.78 is 3.06. The molecule has 0 atom stereocenters. The van der Waals surface area contributed by atoms with Gasteiger partial charge in [0.25, 0.3) is 0 Å². The molecule has 0 unspecified atom stereocenters. The van der Waals surface area contributed by atoms with E-state index >= 15 is 0 Å². The Hall–Kier alpha value is -0.287.